The van der Waals surface area contributed by atoms with Crippen LogP contribution >= 0.6 is 11.6 Å². The Morgan fingerprint density at radius 1 is 1.55 bits per heavy atom. The molecule has 110 valence electrons. The molecule has 1 fully saturated rings. The second-order valence-corrected chi connectivity index (χ2v) is 5.60. The van der Waals surface area contributed by atoms with Crippen molar-refractivity contribution in [2.75, 3.05) is 33.8 Å². The molecule has 1 N–H and O–H groups in total. The normalized spacial score (nSPS) is 18.9. The lowest BCUT2D eigenvalue weighted by Crippen LogP contribution is -2.42. The lowest BCUT2D eigenvalue weighted by molar-refractivity contribution is 0.0671. The van der Waals surface area contributed by atoms with E-state index >= 15 is 0 Å². The second kappa shape index (κ2) is 6.95. The third kappa shape index (κ3) is 3.44. The third-order valence-corrected chi connectivity index (χ3v) is 3.93. The van der Waals surface area contributed by atoms with Crippen molar-refractivity contribution in [3.8, 4) is 5.75 Å². The maximum absolute atomic E-state index is 12.6. The largest absolute Gasteiger partial charge is 0.496 e. The molecule has 0 radical (unpaired) electrons. The lowest BCUT2D eigenvalue weighted by Gasteiger charge is -2.33. The van der Waals surface area contributed by atoms with Crippen LogP contribution < -0.4 is 10.1 Å². The fraction of sp³-hybridized carbons (Fsp3) is 0.533. The number of methoxy groups -OCH3 is 1. The van der Waals surface area contributed by atoms with Gasteiger partial charge in [-0.15, -0.1) is 0 Å². The fourth-order valence-electron chi connectivity index (χ4n) is 2.72. The molecule has 5 heteroatoms. The van der Waals surface area contributed by atoms with Gasteiger partial charge in [-0.2, -0.15) is 0 Å². The SMILES string of the molecule is CNC[C@@H]1CCCN(C(=O)c2ccc(Cl)cc2OC)C1. The molecule has 0 unspecified atom stereocenters. The third-order valence-electron chi connectivity index (χ3n) is 3.69. The molecule has 1 atom stereocenters. The first kappa shape index (κ1) is 15.1. The van der Waals surface area contributed by atoms with Crippen LogP contribution in [0.4, 0.5) is 0 Å². The Kier molecular flexibility index (Phi) is 5.26. The maximum atomic E-state index is 12.6. The Hall–Kier alpha value is -1.26. The van der Waals surface area contributed by atoms with Gasteiger partial charge in [0, 0.05) is 18.1 Å². The van der Waals surface area contributed by atoms with Gasteiger partial charge >= 0.3 is 0 Å². The molecule has 0 saturated carbocycles. The standard InChI is InChI=1S/C15H21ClN2O2/c1-17-9-11-4-3-7-18(10-11)15(19)13-6-5-12(16)8-14(13)20-2/h5-6,8,11,17H,3-4,7,9-10H2,1-2H3/t11-/m0/s1. The van der Waals surface area contributed by atoms with Crippen LogP contribution in [0.2, 0.25) is 5.02 Å². The summed E-state index contributed by atoms with van der Waals surface area (Å²) in [5.41, 5.74) is 0.585. The van der Waals surface area contributed by atoms with Crippen molar-refractivity contribution in [3.63, 3.8) is 0 Å². The number of ether oxygens (including phenoxy) is 1. The predicted molar refractivity (Wildman–Crippen MR) is 80.6 cm³/mol. The molecule has 1 aromatic rings. The molecule has 0 aromatic heterocycles. The van der Waals surface area contributed by atoms with Crippen LogP contribution in [0.15, 0.2) is 18.2 Å². The fourth-order valence-corrected chi connectivity index (χ4v) is 2.88. The van der Waals surface area contributed by atoms with E-state index in [1.54, 1.807) is 25.3 Å². The topological polar surface area (TPSA) is 41.6 Å². The van der Waals surface area contributed by atoms with Gasteiger partial charge in [-0.3, -0.25) is 4.79 Å². The number of nitrogens with zero attached hydrogens (tertiary/aromatic N) is 1. The Morgan fingerprint density at radius 3 is 3.05 bits per heavy atom. The molecule has 2 rings (SSSR count). The van der Waals surface area contributed by atoms with E-state index < -0.39 is 0 Å². The van der Waals surface area contributed by atoms with Gasteiger partial charge in [0.25, 0.3) is 5.91 Å². The van der Waals surface area contributed by atoms with Gasteiger partial charge in [0.05, 0.1) is 12.7 Å². The Bertz CT molecular complexity index is 477. The molecule has 0 bridgehead atoms. The van der Waals surface area contributed by atoms with Crippen molar-refractivity contribution < 1.29 is 9.53 Å². The molecule has 4 nitrogen and oxygen atoms in total. The number of carbonyl (C=O) groups is 1. The first-order valence-electron chi connectivity index (χ1n) is 6.93. The van der Waals surface area contributed by atoms with Crippen LogP contribution in [-0.4, -0.2) is 44.6 Å². The molecule has 0 aliphatic carbocycles. The second-order valence-electron chi connectivity index (χ2n) is 5.16. The van der Waals surface area contributed by atoms with Gasteiger partial charge in [0.2, 0.25) is 0 Å². The van der Waals surface area contributed by atoms with Crippen LogP contribution in [0.1, 0.15) is 23.2 Å². The summed E-state index contributed by atoms with van der Waals surface area (Å²) in [7, 11) is 3.51. The summed E-state index contributed by atoms with van der Waals surface area (Å²) in [4.78, 5) is 14.5. The van der Waals surface area contributed by atoms with Crippen LogP contribution in [0, 0.1) is 5.92 Å². The summed E-state index contributed by atoms with van der Waals surface area (Å²) >= 11 is 5.94. The van der Waals surface area contributed by atoms with Gasteiger partial charge in [-0.1, -0.05) is 11.6 Å². The molecule has 0 spiro atoms. The average molecular weight is 297 g/mol. The van der Waals surface area contributed by atoms with Crippen molar-refractivity contribution in [2.24, 2.45) is 5.92 Å². The Morgan fingerprint density at radius 2 is 2.35 bits per heavy atom. The maximum Gasteiger partial charge on any atom is 0.257 e. The van der Waals surface area contributed by atoms with Crippen LogP contribution in [0.25, 0.3) is 0 Å². The molecule has 1 aromatic carbocycles. The van der Waals surface area contributed by atoms with E-state index in [4.69, 9.17) is 16.3 Å². The van der Waals surface area contributed by atoms with E-state index in [1.165, 1.54) is 6.42 Å². The van der Waals surface area contributed by atoms with Crippen molar-refractivity contribution in [1.82, 2.24) is 10.2 Å². The summed E-state index contributed by atoms with van der Waals surface area (Å²) in [5.74, 6) is 1.09. The highest BCUT2D eigenvalue weighted by Gasteiger charge is 2.25. The minimum Gasteiger partial charge on any atom is -0.496 e. The molecule has 1 amide bonds. The van der Waals surface area contributed by atoms with Gasteiger partial charge in [0.15, 0.2) is 0 Å². The number of piperidine rings is 1. The monoisotopic (exact) mass is 296 g/mol. The molecule has 1 aliphatic heterocycles. The zero-order chi connectivity index (χ0) is 14.5. The summed E-state index contributed by atoms with van der Waals surface area (Å²) in [6, 6.07) is 5.15. The number of amides is 1. The number of nitrogens with one attached hydrogen (secondary N) is 1. The molecule has 1 aliphatic rings. The van der Waals surface area contributed by atoms with Crippen LogP contribution in [-0.2, 0) is 0 Å². The Balaban J connectivity index is 2.14. The van der Waals surface area contributed by atoms with Gasteiger partial charge in [0.1, 0.15) is 5.75 Å². The van der Waals surface area contributed by atoms with E-state index in [0.717, 1.165) is 26.1 Å². The molecular weight excluding hydrogens is 276 g/mol. The molecular formula is C15H21ClN2O2. The van der Waals surface area contributed by atoms with Gasteiger partial charge < -0.3 is 15.0 Å². The zero-order valence-corrected chi connectivity index (χ0v) is 12.7. The van der Waals surface area contributed by atoms with E-state index in [1.807, 2.05) is 11.9 Å². The van der Waals surface area contributed by atoms with Crippen LogP contribution in [0.3, 0.4) is 0 Å². The number of benzene rings is 1. The van der Waals surface area contributed by atoms with Crippen molar-refractivity contribution in [2.45, 2.75) is 12.8 Å². The predicted octanol–water partition coefficient (Wildman–Crippen LogP) is 2.42. The highest BCUT2D eigenvalue weighted by Crippen LogP contribution is 2.26. The summed E-state index contributed by atoms with van der Waals surface area (Å²) < 4.78 is 5.27. The minimum absolute atomic E-state index is 0.0271. The zero-order valence-electron chi connectivity index (χ0n) is 12.0. The molecule has 1 saturated heterocycles. The van der Waals surface area contributed by atoms with Crippen molar-refractivity contribution >= 4 is 17.5 Å². The summed E-state index contributed by atoms with van der Waals surface area (Å²) in [6.07, 6.45) is 2.22. The van der Waals surface area contributed by atoms with Crippen molar-refractivity contribution in [1.29, 1.82) is 0 Å². The quantitative estimate of drug-likeness (QED) is 0.928. The van der Waals surface area contributed by atoms with Gasteiger partial charge in [-0.05, 0) is 50.6 Å². The first-order valence-corrected chi connectivity index (χ1v) is 7.31. The van der Waals surface area contributed by atoms with E-state index in [2.05, 4.69) is 5.32 Å². The number of halogens is 1. The Labute approximate surface area is 125 Å². The highest BCUT2D eigenvalue weighted by molar-refractivity contribution is 6.30. The lowest BCUT2D eigenvalue weighted by atomic mass is 9.97. The van der Waals surface area contributed by atoms with E-state index in [9.17, 15) is 4.79 Å². The number of rotatable bonds is 4. The minimum atomic E-state index is 0.0271. The number of hydrogen-bond acceptors (Lipinski definition) is 3. The molecule has 20 heavy (non-hydrogen) atoms. The average Bonchev–Trinajstić information content (AvgIpc) is 2.47. The van der Waals surface area contributed by atoms with E-state index in [0.29, 0.717) is 22.3 Å². The van der Waals surface area contributed by atoms with Gasteiger partial charge in [-0.25, -0.2) is 0 Å². The smallest absolute Gasteiger partial charge is 0.257 e. The number of hydrogen-bond donors (Lipinski definition) is 1. The number of carbonyl (C=O) groups excluding carboxylic acids is 1. The summed E-state index contributed by atoms with van der Waals surface area (Å²) in [6.45, 7) is 2.55. The van der Waals surface area contributed by atoms with E-state index in [-0.39, 0.29) is 5.91 Å². The number of likely N-dealkylation sites (tertiary alicyclic amines) is 1. The first-order chi connectivity index (χ1) is 9.65. The van der Waals surface area contributed by atoms with Crippen molar-refractivity contribution in [3.05, 3.63) is 28.8 Å². The highest BCUT2D eigenvalue weighted by atomic mass is 35.5. The van der Waals surface area contributed by atoms with Crippen LogP contribution in [0.5, 0.6) is 5.75 Å². The molecule has 1 heterocycles. The summed E-state index contributed by atoms with van der Waals surface area (Å²) in [5, 5.41) is 3.76.